The molecule has 1 nitrogen and oxygen atoms in total. The van der Waals surface area contributed by atoms with Gasteiger partial charge in [0.05, 0.1) is 0 Å². The van der Waals surface area contributed by atoms with Gasteiger partial charge in [0.2, 0.25) is 0 Å². The van der Waals surface area contributed by atoms with Crippen molar-refractivity contribution in [2.45, 2.75) is 51.5 Å². The van der Waals surface area contributed by atoms with Gasteiger partial charge in [0.1, 0.15) is 0 Å². The first-order valence-corrected chi connectivity index (χ1v) is 7.38. The molecular formula is C14H23NS. The van der Waals surface area contributed by atoms with Crippen LogP contribution in [-0.2, 0) is 12.8 Å². The van der Waals surface area contributed by atoms with Gasteiger partial charge in [0, 0.05) is 15.8 Å². The molecule has 0 amide bonds. The molecule has 1 aromatic heterocycles. The first-order valence-electron chi connectivity index (χ1n) is 6.56. The van der Waals surface area contributed by atoms with Gasteiger partial charge in [-0.2, -0.15) is 0 Å². The second-order valence-electron chi connectivity index (χ2n) is 4.94. The quantitative estimate of drug-likeness (QED) is 0.843. The first kappa shape index (κ1) is 12.1. The Morgan fingerprint density at radius 1 is 1.31 bits per heavy atom. The summed E-state index contributed by atoms with van der Waals surface area (Å²) in [7, 11) is 2.10. The molecule has 2 heteroatoms. The van der Waals surface area contributed by atoms with Gasteiger partial charge < -0.3 is 5.32 Å². The SMILES string of the molecule is CCc1ccc(CC2CCCC(NC)C2)s1. The number of rotatable bonds is 4. The highest BCUT2D eigenvalue weighted by molar-refractivity contribution is 7.11. The highest BCUT2D eigenvalue weighted by atomic mass is 32.1. The van der Waals surface area contributed by atoms with E-state index in [4.69, 9.17) is 0 Å². The Hall–Kier alpha value is -0.340. The maximum absolute atomic E-state index is 3.44. The molecule has 1 N–H and O–H groups in total. The number of hydrogen-bond donors (Lipinski definition) is 1. The summed E-state index contributed by atoms with van der Waals surface area (Å²) in [4.78, 5) is 3.13. The van der Waals surface area contributed by atoms with E-state index in [0.717, 1.165) is 12.0 Å². The maximum atomic E-state index is 3.44. The van der Waals surface area contributed by atoms with E-state index in [0.29, 0.717) is 0 Å². The van der Waals surface area contributed by atoms with Crippen LogP contribution in [0.4, 0.5) is 0 Å². The van der Waals surface area contributed by atoms with Gasteiger partial charge in [-0.1, -0.05) is 13.3 Å². The van der Waals surface area contributed by atoms with E-state index >= 15 is 0 Å². The lowest BCUT2D eigenvalue weighted by Crippen LogP contribution is -2.31. The molecule has 90 valence electrons. The molecule has 0 aromatic carbocycles. The van der Waals surface area contributed by atoms with Gasteiger partial charge in [-0.15, -0.1) is 11.3 Å². The zero-order valence-corrected chi connectivity index (χ0v) is 11.3. The van der Waals surface area contributed by atoms with E-state index in [2.05, 4.69) is 31.4 Å². The first-order chi connectivity index (χ1) is 7.81. The molecule has 1 fully saturated rings. The predicted octanol–water partition coefficient (Wildman–Crippen LogP) is 3.63. The Kier molecular flexibility index (Phi) is 4.42. The van der Waals surface area contributed by atoms with Crippen LogP contribution in [0.3, 0.4) is 0 Å². The van der Waals surface area contributed by atoms with Crippen LogP contribution in [-0.4, -0.2) is 13.1 Å². The third kappa shape index (κ3) is 3.08. The molecular weight excluding hydrogens is 214 g/mol. The Labute approximate surface area is 103 Å². The molecule has 0 radical (unpaired) electrons. The molecule has 2 rings (SSSR count). The van der Waals surface area contributed by atoms with E-state index in [1.807, 2.05) is 11.3 Å². The van der Waals surface area contributed by atoms with Crippen LogP contribution in [0, 0.1) is 5.92 Å². The minimum absolute atomic E-state index is 0.768. The lowest BCUT2D eigenvalue weighted by molar-refractivity contribution is 0.295. The lowest BCUT2D eigenvalue weighted by Gasteiger charge is -2.28. The second kappa shape index (κ2) is 5.83. The summed E-state index contributed by atoms with van der Waals surface area (Å²) in [6, 6.07) is 5.41. The molecule has 0 spiro atoms. The van der Waals surface area contributed by atoms with Gasteiger partial charge in [-0.3, -0.25) is 0 Å². The summed E-state index contributed by atoms with van der Waals surface area (Å²) >= 11 is 2.01. The summed E-state index contributed by atoms with van der Waals surface area (Å²) < 4.78 is 0. The monoisotopic (exact) mass is 237 g/mol. The van der Waals surface area contributed by atoms with Crippen molar-refractivity contribution in [3.63, 3.8) is 0 Å². The standard InChI is InChI=1S/C14H23NS/c1-3-13-7-8-14(16-13)10-11-5-4-6-12(9-11)15-2/h7-8,11-12,15H,3-6,9-10H2,1-2H3. The number of nitrogens with one attached hydrogen (secondary N) is 1. The molecule has 1 saturated carbocycles. The van der Waals surface area contributed by atoms with Gasteiger partial charge in [0.15, 0.2) is 0 Å². The Morgan fingerprint density at radius 3 is 2.81 bits per heavy atom. The van der Waals surface area contributed by atoms with Crippen molar-refractivity contribution in [2.24, 2.45) is 5.92 Å². The van der Waals surface area contributed by atoms with Gasteiger partial charge in [-0.05, 0) is 57.2 Å². The molecule has 0 bridgehead atoms. The van der Waals surface area contributed by atoms with Crippen molar-refractivity contribution in [1.29, 1.82) is 0 Å². The van der Waals surface area contributed by atoms with E-state index in [1.165, 1.54) is 43.4 Å². The van der Waals surface area contributed by atoms with E-state index < -0.39 is 0 Å². The summed E-state index contributed by atoms with van der Waals surface area (Å²) in [6.07, 6.45) is 8.07. The largest absolute Gasteiger partial charge is 0.317 e. The van der Waals surface area contributed by atoms with Crippen molar-refractivity contribution in [2.75, 3.05) is 7.05 Å². The van der Waals surface area contributed by atoms with E-state index in [9.17, 15) is 0 Å². The smallest absolute Gasteiger partial charge is 0.00668 e. The zero-order valence-electron chi connectivity index (χ0n) is 10.5. The van der Waals surface area contributed by atoms with Crippen LogP contribution in [0.25, 0.3) is 0 Å². The minimum atomic E-state index is 0.768. The fourth-order valence-corrected chi connectivity index (χ4v) is 3.82. The van der Waals surface area contributed by atoms with Crippen LogP contribution in [0.2, 0.25) is 0 Å². The van der Waals surface area contributed by atoms with Gasteiger partial charge >= 0.3 is 0 Å². The summed E-state index contributed by atoms with van der Waals surface area (Å²) in [5.74, 6) is 0.912. The molecule has 1 aliphatic rings. The molecule has 1 aliphatic carbocycles. The molecule has 1 aromatic rings. The highest BCUT2D eigenvalue weighted by Gasteiger charge is 2.21. The normalized spacial score (nSPS) is 25.9. The van der Waals surface area contributed by atoms with E-state index in [1.54, 1.807) is 4.88 Å². The number of thiophene rings is 1. The summed E-state index contributed by atoms with van der Waals surface area (Å²) in [5.41, 5.74) is 0. The van der Waals surface area contributed by atoms with Crippen molar-refractivity contribution in [3.05, 3.63) is 21.9 Å². The molecule has 1 heterocycles. The van der Waals surface area contributed by atoms with E-state index in [-0.39, 0.29) is 0 Å². The van der Waals surface area contributed by atoms with Crippen LogP contribution >= 0.6 is 11.3 Å². The van der Waals surface area contributed by atoms with Crippen molar-refractivity contribution >= 4 is 11.3 Å². The van der Waals surface area contributed by atoms with Crippen LogP contribution in [0.1, 0.15) is 42.4 Å². The topological polar surface area (TPSA) is 12.0 Å². The Bertz CT molecular complexity index is 318. The number of aryl methyl sites for hydroxylation is 1. The molecule has 2 atom stereocenters. The lowest BCUT2D eigenvalue weighted by atomic mass is 9.83. The van der Waals surface area contributed by atoms with Crippen LogP contribution < -0.4 is 5.32 Å². The van der Waals surface area contributed by atoms with Gasteiger partial charge in [-0.25, -0.2) is 0 Å². The third-order valence-corrected chi connectivity index (χ3v) is 5.00. The van der Waals surface area contributed by atoms with Crippen LogP contribution in [0.5, 0.6) is 0 Å². The summed E-state index contributed by atoms with van der Waals surface area (Å²) in [6.45, 7) is 2.24. The maximum Gasteiger partial charge on any atom is 0.00668 e. The van der Waals surface area contributed by atoms with Crippen LogP contribution in [0.15, 0.2) is 12.1 Å². The van der Waals surface area contributed by atoms with Gasteiger partial charge in [0.25, 0.3) is 0 Å². The predicted molar refractivity (Wildman–Crippen MR) is 72.2 cm³/mol. The number of hydrogen-bond acceptors (Lipinski definition) is 2. The average Bonchev–Trinajstić information content (AvgIpc) is 2.77. The minimum Gasteiger partial charge on any atom is -0.317 e. The van der Waals surface area contributed by atoms with Crippen molar-refractivity contribution < 1.29 is 0 Å². The molecule has 0 saturated heterocycles. The fourth-order valence-electron chi connectivity index (χ4n) is 2.75. The van der Waals surface area contributed by atoms with Crippen molar-refractivity contribution in [1.82, 2.24) is 5.32 Å². The third-order valence-electron chi connectivity index (χ3n) is 3.75. The summed E-state index contributed by atoms with van der Waals surface area (Å²) in [5, 5.41) is 3.44. The average molecular weight is 237 g/mol. The Balaban J connectivity index is 1.88. The molecule has 2 unspecified atom stereocenters. The molecule has 16 heavy (non-hydrogen) atoms. The highest BCUT2D eigenvalue weighted by Crippen LogP contribution is 2.29. The Morgan fingerprint density at radius 2 is 2.12 bits per heavy atom. The molecule has 0 aliphatic heterocycles. The van der Waals surface area contributed by atoms with Crippen molar-refractivity contribution in [3.8, 4) is 0 Å². The fraction of sp³-hybridized carbons (Fsp3) is 0.714. The second-order valence-corrected chi connectivity index (χ2v) is 6.20. The zero-order chi connectivity index (χ0) is 11.4.